The molecule has 6 nitrogen and oxygen atoms in total. The van der Waals surface area contributed by atoms with E-state index in [0.29, 0.717) is 35.7 Å². The largest absolute Gasteiger partial charge is 0.334 e. The molecule has 2 N–H and O–H groups in total. The normalized spacial score (nSPS) is 15.8. The quantitative estimate of drug-likeness (QED) is 0.814. The smallest absolute Gasteiger partial charge is 0.317 e. The van der Waals surface area contributed by atoms with E-state index in [0.717, 1.165) is 0 Å². The van der Waals surface area contributed by atoms with Crippen LogP contribution in [0.1, 0.15) is 18.4 Å². The summed E-state index contributed by atoms with van der Waals surface area (Å²) in [5.41, 5.74) is 0.430. The fraction of sp³-hybridized carbons (Fsp3) is 0.353. The highest BCUT2D eigenvalue weighted by Crippen LogP contribution is 2.19. The number of carbonyl (C=O) groups is 1. The topological polar surface area (TPSA) is 78.5 Å². The summed E-state index contributed by atoms with van der Waals surface area (Å²) in [5.74, 6) is -0.352. The maximum atomic E-state index is 13.6. The van der Waals surface area contributed by atoms with E-state index in [9.17, 15) is 17.6 Å². The number of sulfonamides is 1. The van der Waals surface area contributed by atoms with Crippen LogP contribution in [0.4, 0.5) is 9.18 Å². The molecule has 0 aliphatic carbocycles. The van der Waals surface area contributed by atoms with Gasteiger partial charge in [0.15, 0.2) is 0 Å². The van der Waals surface area contributed by atoms with Crippen LogP contribution in [0.3, 0.4) is 0 Å². The highest BCUT2D eigenvalue weighted by atomic mass is 32.2. The molecule has 0 bridgehead atoms. The lowest BCUT2D eigenvalue weighted by Crippen LogP contribution is -2.49. The Hall–Kier alpha value is -1.97. The standard InChI is InChI=1S/C17H20FN3O3S2/c18-15-5-2-1-4-13(15)12-19-17(22)21-9-7-14(8-10-21)20-26(23,24)16-6-3-11-25-16/h1-6,11,14,20H,7-10,12H2,(H,19,22). The molecule has 140 valence electrons. The molecule has 1 aliphatic heterocycles. The molecule has 3 rings (SSSR count). The van der Waals surface area contributed by atoms with Gasteiger partial charge in [0.1, 0.15) is 10.0 Å². The number of halogens is 1. The molecule has 1 fully saturated rings. The molecule has 1 saturated heterocycles. The minimum Gasteiger partial charge on any atom is -0.334 e. The maximum absolute atomic E-state index is 13.6. The SMILES string of the molecule is O=C(NCc1ccccc1F)N1CCC(NS(=O)(=O)c2cccs2)CC1. The van der Waals surface area contributed by atoms with E-state index in [1.807, 2.05) is 0 Å². The molecule has 0 unspecified atom stereocenters. The first kappa shape index (κ1) is 18.8. The first-order valence-electron chi connectivity index (χ1n) is 8.28. The van der Waals surface area contributed by atoms with Crippen molar-refractivity contribution in [2.45, 2.75) is 29.6 Å². The molecular weight excluding hydrogens is 377 g/mol. The Morgan fingerprint density at radius 1 is 1.19 bits per heavy atom. The van der Waals surface area contributed by atoms with Crippen LogP contribution in [-0.4, -0.2) is 38.5 Å². The summed E-state index contributed by atoms with van der Waals surface area (Å²) in [6.07, 6.45) is 1.08. The Morgan fingerprint density at radius 3 is 2.58 bits per heavy atom. The zero-order valence-electron chi connectivity index (χ0n) is 14.0. The van der Waals surface area contributed by atoms with Crippen molar-refractivity contribution in [3.8, 4) is 0 Å². The molecule has 0 radical (unpaired) electrons. The number of likely N-dealkylation sites (tertiary alicyclic amines) is 1. The van der Waals surface area contributed by atoms with Gasteiger partial charge < -0.3 is 10.2 Å². The fourth-order valence-electron chi connectivity index (χ4n) is 2.82. The second-order valence-electron chi connectivity index (χ2n) is 6.06. The van der Waals surface area contributed by atoms with Gasteiger partial charge in [0.25, 0.3) is 0 Å². The number of amides is 2. The van der Waals surface area contributed by atoms with Gasteiger partial charge in [-0.3, -0.25) is 0 Å². The van der Waals surface area contributed by atoms with Crippen molar-refractivity contribution < 1.29 is 17.6 Å². The third-order valence-electron chi connectivity index (χ3n) is 4.25. The minimum atomic E-state index is -3.50. The van der Waals surface area contributed by atoms with Crippen molar-refractivity contribution >= 4 is 27.4 Å². The van der Waals surface area contributed by atoms with Gasteiger partial charge in [0, 0.05) is 31.2 Å². The predicted octanol–water partition coefficient (Wildman–Crippen LogP) is 2.54. The summed E-state index contributed by atoms with van der Waals surface area (Å²) in [7, 11) is -3.50. The fourth-order valence-corrected chi connectivity index (χ4v) is 5.13. The highest BCUT2D eigenvalue weighted by Gasteiger charge is 2.27. The number of nitrogens with zero attached hydrogens (tertiary/aromatic N) is 1. The van der Waals surface area contributed by atoms with Gasteiger partial charge in [-0.15, -0.1) is 11.3 Å². The second-order valence-corrected chi connectivity index (χ2v) is 8.95. The molecule has 2 amide bonds. The summed E-state index contributed by atoms with van der Waals surface area (Å²) in [5, 5.41) is 4.42. The van der Waals surface area contributed by atoms with Gasteiger partial charge in [0.05, 0.1) is 0 Å². The van der Waals surface area contributed by atoms with Crippen molar-refractivity contribution in [1.29, 1.82) is 0 Å². The third-order valence-corrected chi connectivity index (χ3v) is 7.17. The number of nitrogens with one attached hydrogen (secondary N) is 2. The lowest BCUT2D eigenvalue weighted by Gasteiger charge is -2.32. The van der Waals surface area contributed by atoms with E-state index >= 15 is 0 Å². The molecule has 9 heteroatoms. The number of thiophene rings is 1. The number of piperidine rings is 1. The van der Waals surface area contributed by atoms with Gasteiger partial charge in [0.2, 0.25) is 10.0 Å². The number of benzene rings is 1. The van der Waals surface area contributed by atoms with Crippen molar-refractivity contribution in [3.63, 3.8) is 0 Å². The molecule has 0 spiro atoms. The van der Waals surface area contributed by atoms with Gasteiger partial charge in [-0.25, -0.2) is 22.3 Å². The van der Waals surface area contributed by atoms with Gasteiger partial charge >= 0.3 is 6.03 Å². The van der Waals surface area contributed by atoms with Crippen LogP contribution in [0.5, 0.6) is 0 Å². The average molecular weight is 397 g/mol. The van der Waals surface area contributed by atoms with Crippen LogP contribution in [0.15, 0.2) is 46.0 Å². The summed E-state index contributed by atoms with van der Waals surface area (Å²) in [6.45, 7) is 1.01. The number of hydrogen-bond acceptors (Lipinski definition) is 4. The average Bonchev–Trinajstić information content (AvgIpc) is 3.17. The summed E-state index contributed by atoms with van der Waals surface area (Å²) in [6, 6.07) is 9.09. The van der Waals surface area contributed by atoms with E-state index in [2.05, 4.69) is 10.0 Å². The predicted molar refractivity (Wildman–Crippen MR) is 97.9 cm³/mol. The van der Waals surface area contributed by atoms with E-state index in [1.165, 1.54) is 17.4 Å². The van der Waals surface area contributed by atoms with E-state index in [1.54, 1.807) is 40.6 Å². The molecule has 1 aliphatic rings. The van der Waals surface area contributed by atoms with Crippen LogP contribution in [0.25, 0.3) is 0 Å². The van der Waals surface area contributed by atoms with Crippen molar-refractivity contribution in [3.05, 3.63) is 53.2 Å². The number of rotatable bonds is 5. The van der Waals surface area contributed by atoms with Crippen LogP contribution < -0.4 is 10.0 Å². The number of urea groups is 1. The molecule has 1 aromatic heterocycles. The molecule has 2 heterocycles. The number of hydrogen-bond donors (Lipinski definition) is 2. The summed E-state index contributed by atoms with van der Waals surface area (Å²) >= 11 is 1.17. The molecule has 1 aromatic carbocycles. The molecule has 0 saturated carbocycles. The molecule has 2 aromatic rings. The monoisotopic (exact) mass is 397 g/mol. The summed E-state index contributed by atoms with van der Waals surface area (Å²) in [4.78, 5) is 13.8. The van der Waals surface area contributed by atoms with Crippen LogP contribution in [0.2, 0.25) is 0 Å². The van der Waals surface area contributed by atoms with Crippen molar-refractivity contribution in [2.24, 2.45) is 0 Å². The van der Waals surface area contributed by atoms with Crippen LogP contribution in [0, 0.1) is 5.82 Å². The van der Waals surface area contributed by atoms with Crippen LogP contribution in [-0.2, 0) is 16.6 Å². The second kappa shape index (κ2) is 8.15. The zero-order chi connectivity index (χ0) is 18.6. The van der Waals surface area contributed by atoms with E-state index < -0.39 is 10.0 Å². The Balaban J connectivity index is 1.47. The molecular formula is C17H20FN3O3S2. The molecule has 0 atom stereocenters. The third kappa shape index (κ3) is 4.60. The van der Waals surface area contributed by atoms with E-state index in [4.69, 9.17) is 0 Å². The van der Waals surface area contributed by atoms with Gasteiger partial charge in [-0.1, -0.05) is 24.3 Å². The maximum Gasteiger partial charge on any atom is 0.317 e. The van der Waals surface area contributed by atoms with Crippen molar-refractivity contribution in [1.82, 2.24) is 14.9 Å². The van der Waals surface area contributed by atoms with Gasteiger partial charge in [-0.05, 0) is 30.4 Å². The Labute approximate surface area is 156 Å². The lowest BCUT2D eigenvalue weighted by molar-refractivity contribution is 0.179. The van der Waals surface area contributed by atoms with Gasteiger partial charge in [-0.2, -0.15) is 0 Å². The first-order valence-corrected chi connectivity index (χ1v) is 10.6. The highest BCUT2D eigenvalue weighted by molar-refractivity contribution is 7.91. The summed E-state index contributed by atoms with van der Waals surface area (Å²) < 4.78 is 41.0. The van der Waals surface area contributed by atoms with E-state index in [-0.39, 0.29) is 24.4 Å². The Bertz CT molecular complexity index is 848. The Morgan fingerprint density at radius 2 is 1.92 bits per heavy atom. The first-order chi connectivity index (χ1) is 12.5. The lowest BCUT2D eigenvalue weighted by atomic mass is 10.1. The van der Waals surface area contributed by atoms with Crippen LogP contribution >= 0.6 is 11.3 Å². The Kier molecular flexibility index (Phi) is 5.90. The minimum absolute atomic E-state index is 0.121. The zero-order valence-corrected chi connectivity index (χ0v) is 15.7. The molecule has 26 heavy (non-hydrogen) atoms. The van der Waals surface area contributed by atoms with Crippen molar-refractivity contribution in [2.75, 3.05) is 13.1 Å². The number of carbonyl (C=O) groups excluding carboxylic acids is 1.